The zero-order chi connectivity index (χ0) is 14.0. The first-order valence-corrected chi connectivity index (χ1v) is 7.80. The van der Waals surface area contributed by atoms with Crippen molar-refractivity contribution in [1.29, 1.82) is 0 Å². The molecule has 1 heterocycles. The van der Waals surface area contributed by atoms with Crippen LogP contribution in [0.2, 0.25) is 0 Å². The molecule has 0 saturated heterocycles. The molecular formula is C11H17NO4S2. The molecule has 1 aromatic heterocycles. The average Bonchev–Trinajstić information content (AvgIpc) is 2.63. The Morgan fingerprint density at radius 3 is 2.56 bits per heavy atom. The fourth-order valence-electron chi connectivity index (χ4n) is 1.30. The molecule has 0 unspecified atom stereocenters. The Bertz CT molecular complexity index is 525. The van der Waals surface area contributed by atoms with Crippen LogP contribution in [0, 0.1) is 5.41 Å². The summed E-state index contributed by atoms with van der Waals surface area (Å²) in [5, 5.41) is 10.4. The molecule has 1 rings (SSSR count). The highest BCUT2D eigenvalue weighted by Crippen LogP contribution is 2.22. The third kappa shape index (κ3) is 4.08. The number of carbonyl (C=O) groups is 1. The first-order valence-electron chi connectivity index (χ1n) is 5.44. The Hall–Kier alpha value is -0.920. The Balaban J connectivity index is 2.81. The second kappa shape index (κ2) is 5.38. The van der Waals surface area contributed by atoms with Gasteiger partial charge >= 0.3 is 5.97 Å². The van der Waals surface area contributed by atoms with Gasteiger partial charge in [-0.05, 0) is 23.3 Å². The van der Waals surface area contributed by atoms with Crippen LogP contribution in [-0.4, -0.2) is 26.0 Å². The van der Waals surface area contributed by atoms with Gasteiger partial charge in [-0.1, -0.05) is 20.8 Å². The molecule has 0 atom stereocenters. The lowest BCUT2D eigenvalue weighted by molar-refractivity contribution is 0.0698. The molecule has 18 heavy (non-hydrogen) atoms. The van der Waals surface area contributed by atoms with Gasteiger partial charge in [-0.25, -0.2) is 17.9 Å². The lowest BCUT2D eigenvalue weighted by atomic mass is 9.93. The molecule has 0 radical (unpaired) electrons. The first kappa shape index (κ1) is 15.1. The van der Waals surface area contributed by atoms with E-state index < -0.39 is 16.0 Å². The van der Waals surface area contributed by atoms with E-state index in [4.69, 9.17) is 5.11 Å². The number of hydrogen-bond donors (Lipinski definition) is 2. The summed E-state index contributed by atoms with van der Waals surface area (Å²) in [7, 11) is -3.74. The fourth-order valence-corrected chi connectivity index (χ4v) is 3.59. The first-order chi connectivity index (χ1) is 8.13. The molecule has 0 aliphatic heterocycles. The van der Waals surface area contributed by atoms with E-state index in [1.165, 1.54) is 11.4 Å². The number of thiophene rings is 1. The van der Waals surface area contributed by atoms with Crippen LogP contribution in [0.1, 0.15) is 36.9 Å². The third-order valence-corrected chi connectivity index (χ3v) is 4.81. The molecule has 0 aliphatic carbocycles. The molecule has 7 heteroatoms. The van der Waals surface area contributed by atoms with Crippen molar-refractivity contribution >= 4 is 27.3 Å². The van der Waals surface area contributed by atoms with Crippen molar-refractivity contribution in [2.24, 2.45) is 5.41 Å². The predicted octanol–water partition coefficient (Wildman–Crippen LogP) is 2.16. The van der Waals surface area contributed by atoms with Crippen LogP contribution in [0.3, 0.4) is 0 Å². The summed E-state index contributed by atoms with van der Waals surface area (Å²) in [4.78, 5) is 10.6. The van der Waals surface area contributed by atoms with Gasteiger partial charge in [-0.15, -0.1) is 11.3 Å². The van der Waals surface area contributed by atoms with E-state index >= 15 is 0 Å². The lowest BCUT2D eigenvalue weighted by Gasteiger charge is -2.17. The van der Waals surface area contributed by atoms with Crippen molar-refractivity contribution in [1.82, 2.24) is 4.72 Å². The molecule has 0 saturated carbocycles. The molecule has 0 fully saturated rings. The van der Waals surface area contributed by atoms with Crippen molar-refractivity contribution in [3.05, 3.63) is 16.3 Å². The highest BCUT2D eigenvalue weighted by Gasteiger charge is 2.23. The number of hydrogen-bond acceptors (Lipinski definition) is 4. The highest BCUT2D eigenvalue weighted by molar-refractivity contribution is 7.89. The molecule has 2 N–H and O–H groups in total. The number of aromatic carboxylic acids is 1. The minimum Gasteiger partial charge on any atom is -0.477 e. The number of carboxylic acids is 1. The summed E-state index contributed by atoms with van der Waals surface area (Å²) in [6.45, 7) is 6.32. The van der Waals surface area contributed by atoms with Gasteiger partial charge in [0.05, 0.1) is 0 Å². The van der Waals surface area contributed by atoms with Crippen LogP contribution in [0.4, 0.5) is 0 Å². The molecular weight excluding hydrogens is 274 g/mol. The van der Waals surface area contributed by atoms with Crippen LogP contribution in [0.15, 0.2) is 16.3 Å². The van der Waals surface area contributed by atoms with Crippen molar-refractivity contribution in [2.45, 2.75) is 32.1 Å². The van der Waals surface area contributed by atoms with Gasteiger partial charge in [-0.2, -0.15) is 0 Å². The standard InChI is InChI=1S/C11H17NO4S2/c1-11(2,3)5-6-12-18(15,16)8-4-7-17-9(8)10(13)14/h4,7,12H,5-6H2,1-3H3,(H,13,14). The third-order valence-electron chi connectivity index (χ3n) is 2.28. The lowest BCUT2D eigenvalue weighted by Crippen LogP contribution is -2.28. The average molecular weight is 291 g/mol. The second-order valence-electron chi connectivity index (χ2n) is 5.13. The maximum atomic E-state index is 11.9. The summed E-state index contributed by atoms with van der Waals surface area (Å²) < 4.78 is 26.3. The van der Waals surface area contributed by atoms with Crippen molar-refractivity contribution < 1.29 is 18.3 Å². The second-order valence-corrected chi connectivity index (χ2v) is 7.78. The Morgan fingerprint density at radius 1 is 1.44 bits per heavy atom. The minimum atomic E-state index is -3.74. The molecule has 0 amide bonds. The largest absolute Gasteiger partial charge is 0.477 e. The molecule has 1 aromatic rings. The summed E-state index contributed by atoms with van der Waals surface area (Å²) in [6, 6.07) is 1.31. The van der Waals surface area contributed by atoms with E-state index in [0.29, 0.717) is 13.0 Å². The maximum Gasteiger partial charge on any atom is 0.347 e. The molecule has 0 aliphatic rings. The van der Waals surface area contributed by atoms with Crippen LogP contribution in [-0.2, 0) is 10.0 Å². The molecule has 102 valence electrons. The summed E-state index contributed by atoms with van der Waals surface area (Å²) in [5.41, 5.74) is 0.0206. The van der Waals surface area contributed by atoms with E-state index in [2.05, 4.69) is 4.72 Å². The van der Waals surface area contributed by atoms with E-state index in [1.54, 1.807) is 0 Å². The summed E-state index contributed by atoms with van der Waals surface area (Å²) >= 11 is 0.905. The molecule has 0 bridgehead atoms. The Morgan fingerprint density at radius 2 is 2.06 bits per heavy atom. The van der Waals surface area contributed by atoms with E-state index in [1.807, 2.05) is 20.8 Å². The van der Waals surface area contributed by atoms with E-state index in [-0.39, 0.29) is 15.2 Å². The SMILES string of the molecule is CC(C)(C)CCNS(=O)(=O)c1ccsc1C(=O)O. The summed E-state index contributed by atoms with van der Waals surface area (Å²) in [5.74, 6) is -1.22. The molecule has 5 nitrogen and oxygen atoms in total. The zero-order valence-electron chi connectivity index (χ0n) is 10.6. The van der Waals surface area contributed by atoms with Crippen LogP contribution < -0.4 is 4.72 Å². The highest BCUT2D eigenvalue weighted by atomic mass is 32.2. The normalized spacial score (nSPS) is 12.6. The van der Waals surface area contributed by atoms with Crippen LogP contribution in [0.25, 0.3) is 0 Å². The van der Waals surface area contributed by atoms with E-state index in [9.17, 15) is 13.2 Å². The van der Waals surface area contributed by atoms with Gasteiger partial charge in [0.25, 0.3) is 0 Å². The monoisotopic (exact) mass is 291 g/mol. The van der Waals surface area contributed by atoms with Crippen molar-refractivity contribution in [3.63, 3.8) is 0 Å². The number of rotatable bonds is 5. The van der Waals surface area contributed by atoms with Crippen LogP contribution in [0.5, 0.6) is 0 Å². The van der Waals surface area contributed by atoms with Gasteiger partial charge in [0.1, 0.15) is 9.77 Å². The van der Waals surface area contributed by atoms with Crippen molar-refractivity contribution in [3.8, 4) is 0 Å². The van der Waals surface area contributed by atoms with Gasteiger partial charge in [-0.3, -0.25) is 0 Å². The quantitative estimate of drug-likeness (QED) is 0.870. The molecule has 0 spiro atoms. The number of sulfonamides is 1. The Kier molecular flexibility index (Phi) is 4.52. The van der Waals surface area contributed by atoms with E-state index in [0.717, 1.165) is 11.3 Å². The summed E-state index contributed by atoms with van der Waals surface area (Å²) in [6.07, 6.45) is 0.679. The van der Waals surface area contributed by atoms with Gasteiger partial charge in [0.15, 0.2) is 0 Å². The maximum absolute atomic E-state index is 11.9. The smallest absolute Gasteiger partial charge is 0.347 e. The number of carboxylic acid groups (broad SMARTS) is 1. The zero-order valence-corrected chi connectivity index (χ0v) is 12.2. The Labute approximate surface area is 111 Å². The van der Waals surface area contributed by atoms with Gasteiger partial charge < -0.3 is 5.11 Å². The number of nitrogens with one attached hydrogen (secondary N) is 1. The fraction of sp³-hybridized carbons (Fsp3) is 0.545. The van der Waals surface area contributed by atoms with Crippen LogP contribution >= 0.6 is 11.3 Å². The minimum absolute atomic E-state index is 0.0206. The van der Waals surface area contributed by atoms with Crippen molar-refractivity contribution in [2.75, 3.05) is 6.54 Å². The topological polar surface area (TPSA) is 83.5 Å². The van der Waals surface area contributed by atoms with Gasteiger partial charge in [0, 0.05) is 6.54 Å². The van der Waals surface area contributed by atoms with Gasteiger partial charge in [0.2, 0.25) is 10.0 Å². The molecule has 0 aromatic carbocycles. The predicted molar refractivity (Wildman–Crippen MR) is 70.5 cm³/mol.